The predicted octanol–water partition coefficient (Wildman–Crippen LogP) is 2.19. The Hall–Kier alpha value is -0.0800. The zero-order valence-electron chi connectivity index (χ0n) is 9.01. The van der Waals surface area contributed by atoms with Gasteiger partial charge in [-0.1, -0.05) is 26.2 Å². The molecule has 2 atom stereocenters. The van der Waals surface area contributed by atoms with Crippen LogP contribution in [-0.4, -0.2) is 26.3 Å². The molecule has 0 aliphatic carbocycles. The van der Waals surface area contributed by atoms with Crippen LogP contribution >= 0.6 is 0 Å². The normalized spacial score (nSPS) is 28.2. The first-order valence-electron chi connectivity index (χ1n) is 5.64. The molecular weight excluding hydrogens is 162 g/mol. The average molecular weight is 185 g/mol. The molecule has 0 bridgehead atoms. The van der Waals surface area contributed by atoms with E-state index in [-0.39, 0.29) is 0 Å². The van der Waals surface area contributed by atoms with Gasteiger partial charge >= 0.3 is 0 Å². The van der Waals surface area contributed by atoms with Crippen molar-refractivity contribution in [3.63, 3.8) is 0 Å². The summed E-state index contributed by atoms with van der Waals surface area (Å²) in [6.45, 7) is 4.35. The minimum absolute atomic E-state index is 0.541. The summed E-state index contributed by atoms with van der Waals surface area (Å²) >= 11 is 0. The first kappa shape index (κ1) is 11.0. The standard InChI is InChI=1S/C11H23NO/c1-3-4-5-6-11-10(9-12-2)7-8-13-11/h10-12H,3-9H2,1-2H3. The molecule has 1 N–H and O–H groups in total. The van der Waals surface area contributed by atoms with Gasteiger partial charge in [0, 0.05) is 13.2 Å². The van der Waals surface area contributed by atoms with E-state index in [0.29, 0.717) is 6.10 Å². The Morgan fingerprint density at radius 3 is 2.92 bits per heavy atom. The minimum Gasteiger partial charge on any atom is -0.378 e. The van der Waals surface area contributed by atoms with Crippen LogP contribution in [0.5, 0.6) is 0 Å². The zero-order valence-corrected chi connectivity index (χ0v) is 9.01. The maximum atomic E-state index is 5.72. The second kappa shape index (κ2) is 6.39. The van der Waals surface area contributed by atoms with E-state index in [2.05, 4.69) is 12.2 Å². The second-order valence-electron chi connectivity index (χ2n) is 4.01. The van der Waals surface area contributed by atoms with Gasteiger partial charge in [-0.05, 0) is 25.8 Å². The molecule has 0 saturated carbocycles. The van der Waals surface area contributed by atoms with Crippen molar-refractivity contribution < 1.29 is 4.74 Å². The highest BCUT2D eigenvalue weighted by molar-refractivity contribution is 4.77. The quantitative estimate of drug-likeness (QED) is 0.640. The molecule has 2 heteroatoms. The fraction of sp³-hybridized carbons (Fsp3) is 1.00. The fourth-order valence-electron chi connectivity index (χ4n) is 2.10. The smallest absolute Gasteiger partial charge is 0.0616 e. The van der Waals surface area contributed by atoms with E-state index in [0.717, 1.165) is 19.1 Å². The lowest BCUT2D eigenvalue weighted by atomic mass is 9.97. The van der Waals surface area contributed by atoms with Crippen molar-refractivity contribution in [2.75, 3.05) is 20.2 Å². The van der Waals surface area contributed by atoms with E-state index < -0.39 is 0 Å². The van der Waals surface area contributed by atoms with Gasteiger partial charge in [0.1, 0.15) is 0 Å². The summed E-state index contributed by atoms with van der Waals surface area (Å²) in [6, 6.07) is 0. The van der Waals surface area contributed by atoms with Crippen LogP contribution in [0.1, 0.15) is 39.0 Å². The maximum Gasteiger partial charge on any atom is 0.0616 e. The summed E-state index contributed by atoms with van der Waals surface area (Å²) in [5.41, 5.74) is 0. The van der Waals surface area contributed by atoms with Gasteiger partial charge in [0.15, 0.2) is 0 Å². The van der Waals surface area contributed by atoms with Crippen LogP contribution in [0.2, 0.25) is 0 Å². The molecular formula is C11H23NO. The van der Waals surface area contributed by atoms with Crippen molar-refractivity contribution >= 4 is 0 Å². The topological polar surface area (TPSA) is 21.3 Å². The molecule has 13 heavy (non-hydrogen) atoms. The Morgan fingerprint density at radius 2 is 2.23 bits per heavy atom. The molecule has 1 rings (SSSR count). The molecule has 1 saturated heterocycles. The number of hydrogen-bond donors (Lipinski definition) is 1. The van der Waals surface area contributed by atoms with Crippen molar-refractivity contribution in [2.24, 2.45) is 5.92 Å². The third-order valence-corrected chi connectivity index (χ3v) is 2.90. The lowest BCUT2D eigenvalue weighted by molar-refractivity contribution is 0.0814. The number of ether oxygens (including phenoxy) is 1. The van der Waals surface area contributed by atoms with Crippen molar-refractivity contribution in [2.45, 2.75) is 45.1 Å². The van der Waals surface area contributed by atoms with E-state index >= 15 is 0 Å². The van der Waals surface area contributed by atoms with Crippen molar-refractivity contribution in [3.05, 3.63) is 0 Å². The van der Waals surface area contributed by atoms with E-state index in [1.807, 2.05) is 7.05 Å². The van der Waals surface area contributed by atoms with Gasteiger partial charge < -0.3 is 10.1 Å². The third-order valence-electron chi connectivity index (χ3n) is 2.90. The first-order valence-corrected chi connectivity index (χ1v) is 5.64. The van der Waals surface area contributed by atoms with Crippen LogP contribution in [0, 0.1) is 5.92 Å². The van der Waals surface area contributed by atoms with Crippen molar-refractivity contribution in [1.29, 1.82) is 0 Å². The summed E-state index contributed by atoms with van der Waals surface area (Å²) in [6.07, 6.45) is 7.05. The van der Waals surface area contributed by atoms with Gasteiger partial charge in [-0.25, -0.2) is 0 Å². The van der Waals surface area contributed by atoms with Crippen LogP contribution in [0.3, 0.4) is 0 Å². The highest BCUT2D eigenvalue weighted by Crippen LogP contribution is 2.24. The maximum absolute atomic E-state index is 5.72. The summed E-state index contributed by atoms with van der Waals surface area (Å²) in [5, 5.41) is 3.25. The minimum atomic E-state index is 0.541. The van der Waals surface area contributed by atoms with Crippen LogP contribution in [0.4, 0.5) is 0 Å². The largest absolute Gasteiger partial charge is 0.378 e. The average Bonchev–Trinajstić information content (AvgIpc) is 2.54. The Morgan fingerprint density at radius 1 is 1.38 bits per heavy atom. The lowest BCUT2D eigenvalue weighted by Crippen LogP contribution is -2.26. The SMILES string of the molecule is CCCCCC1OCCC1CNC. The molecule has 0 amide bonds. The highest BCUT2D eigenvalue weighted by Gasteiger charge is 2.26. The van der Waals surface area contributed by atoms with Gasteiger partial charge in [0.2, 0.25) is 0 Å². The molecule has 2 nitrogen and oxygen atoms in total. The number of rotatable bonds is 6. The summed E-state index contributed by atoms with van der Waals surface area (Å²) in [5.74, 6) is 0.766. The van der Waals surface area contributed by atoms with E-state index in [4.69, 9.17) is 4.74 Å². The Balaban J connectivity index is 2.15. The second-order valence-corrected chi connectivity index (χ2v) is 4.01. The van der Waals surface area contributed by atoms with Gasteiger partial charge in [-0.15, -0.1) is 0 Å². The van der Waals surface area contributed by atoms with Crippen molar-refractivity contribution in [3.8, 4) is 0 Å². The molecule has 1 aliphatic rings. The van der Waals surface area contributed by atoms with Crippen LogP contribution in [0.25, 0.3) is 0 Å². The summed E-state index contributed by atoms with van der Waals surface area (Å²) in [7, 11) is 2.03. The molecule has 1 fully saturated rings. The number of nitrogens with one attached hydrogen (secondary N) is 1. The highest BCUT2D eigenvalue weighted by atomic mass is 16.5. The van der Waals surface area contributed by atoms with Gasteiger partial charge in [-0.2, -0.15) is 0 Å². The first-order chi connectivity index (χ1) is 6.38. The monoisotopic (exact) mass is 185 g/mol. The molecule has 1 aliphatic heterocycles. The molecule has 1 heterocycles. The molecule has 78 valence electrons. The molecule has 0 aromatic rings. The fourth-order valence-corrected chi connectivity index (χ4v) is 2.10. The van der Waals surface area contributed by atoms with Crippen LogP contribution < -0.4 is 5.32 Å². The molecule has 0 spiro atoms. The molecule has 2 unspecified atom stereocenters. The molecule has 0 radical (unpaired) electrons. The number of hydrogen-bond acceptors (Lipinski definition) is 2. The van der Waals surface area contributed by atoms with Crippen LogP contribution in [-0.2, 0) is 4.74 Å². The third kappa shape index (κ3) is 3.65. The summed E-state index contributed by atoms with van der Waals surface area (Å²) in [4.78, 5) is 0. The van der Waals surface area contributed by atoms with Gasteiger partial charge in [0.25, 0.3) is 0 Å². The van der Waals surface area contributed by atoms with Gasteiger partial charge in [-0.3, -0.25) is 0 Å². The zero-order chi connectivity index (χ0) is 9.52. The molecule has 0 aromatic heterocycles. The number of unbranched alkanes of at least 4 members (excludes halogenated alkanes) is 2. The van der Waals surface area contributed by atoms with Gasteiger partial charge in [0.05, 0.1) is 6.10 Å². The van der Waals surface area contributed by atoms with E-state index in [9.17, 15) is 0 Å². The van der Waals surface area contributed by atoms with Crippen molar-refractivity contribution in [1.82, 2.24) is 5.32 Å². The van der Waals surface area contributed by atoms with Crippen LogP contribution in [0.15, 0.2) is 0 Å². The lowest BCUT2D eigenvalue weighted by Gasteiger charge is -2.17. The predicted molar refractivity (Wildman–Crippen MR) is 55.9 cm³/mol. The van der Waals surface area contributed by atoms with E-state index in [1.165, 1.54) is 32.1 Å². The molecule has 0 aromatic carbocycles. The Labute approximate surface area is 82.0 Å². The Kier molecular flexibility index (Phi) is 5.40. The summed E-state index contributed by atoms with van der Waals surface area (Å²) < 4.78 is 5.72. The Bertz CT molecular complexity index is 127. The van der Waals surface area contributed by atoms with E-state index in [1.54, 1.807) is 0 Å².